The highest BCUT2D eigenvalue weighted by atomic mass is 16.4. The highest BCUT2D eigenvalue weighted by Gasteiger charge is 2.56. The summed E-state index contributed by atoms with van der Waals surface area (Å²) in [6, 6.07) is 3.98. The Labute approximate surface area is 101 Å². The Morgan fingerprint density at radius 2 is 1.71 bits per heavy atom. The molecule has 0 bridgehead atoms. The van der Waals surface area contributed by atoms with Crippen molar-refractivity contribution >= 4 is 5.97 Å². The number of carboxylic acid groups (broad SMARTS) is 1. The van der Waals surface area contributed by atoms with Crippen LogP contribution in [0.5, 0.6) is 0 Å². The van der Waals surface area contributed by atoms with Crippen LogP contribution in [0.15, 0.2) is 12.1 Å². The fraction of sp³-hybridized carbons (Fsp3) is 0.500. The summed E-state index contributed by atoms with van der Waals surface area (Å²) < 4.78 is 0. The molecule has 0 heterocycles. The molecule has 1 aliphatic rings. The summed E-state index contributed by atoms with van der Waals surface area (Å²) in [7, 11) is 0. The van der Waals surface area contributed by atoms with Crippen LogP contribution in [0.1, 0.15) is 41.2 Å². The predicted octanol–water partition coefficient (Wildman–Crippen LogP) is 2.51. The molecule has 0 aliphatic heterocycles. The molecule has 3 heteroatoms. The van der Waals surface area contributed by atoms with Crippen molar-refractivity contribution < 1.29 is 15.0 Å². The van der Waals surface area contributed by atoms with E-state index in [0.29, 0.717) is 12.8 Å². The van der Waals surface area contributed by atoms with Gasteiger partial charge in [0, 0.05) is 0 Å². The Morgan fingerprint density at radius 1 is 1.24 bits per heavy atom. The summed E-state index contributed by atoms with van der Waals surface area (Å²) in [5.74, 6) is -0.885. The van der Waals surface area contributed by atoms with Gasteiger partial charge in [-0.3, -0.25) is 4.79 Å². The predicted molar refractivity (Wildman–Crippen MR) is 64.9 cm³/mol. The first-order valence-electron chi connectivity index (χ1n) is 5.88. The first-order valence-corrected chi connectivity index (χ1v) is 5.88. The van der Waals surface area contributed by atoms with Crippen LogP contribution >= 0.6 is 0 Å². The van der Waals surface area contributed by atoms with Gasteiger partial charge in [0.1, 0.15) is 0 Å². The van der Waals surface area contributed by atoms with E-state index in [1.807, 2.05) is 32.9 Å². The molecule has 17 heavy (non-hydrogen) atoms. The van der Waals surface area contributed by atoms with Gasteiger partial charge in [-0.15, -0.1) is 0 Å². The minimum Gasteiger partial charge on any atom is -0.481 e. The Morgan fingerprint density at radius 3 is 2.06 bits per heavy atom. The maximum absolute atomic E-state index is 11.2. The van der Waals surface area contributed by atoms with Crippen molar-refractivity contribution in [3.05, 3.63) is 34.4 Å². The van der Waals surface area contributed by atoms with Gasteiger partial charge < -0.3 is 10.2 Å². The lowest BCUT2D eigenvalue weighted by Crippen LogP contribution is -2.24. The molecule has 0 spiro atoms. The fourth-order valence-corrected chi connectivity index (χ4v) is 2.64. The van der Waals surface area contributed by atoms with Gasteiger partial charge in [0.15, 0.2) is 0 Å². The van der Waals surface area contributed by atoms with Crippen LogP contribution in [0.2, 0.25) is 0 Å². The van der Waals surface area contributed by atoms with Crippen LogP contribution in [-0.4, -0.2) is 16.2 Å². The molecular weight excluding hydrogens is 216 g/mol. The number of aliphatic carboxylic acids is 1. The quantitative estimate of drug-likeness (QED) is 0.844. The number of aliphatic hydroxyl groups is 1. The molecule has 1 fully saturated rings. The molecule has 0 aromatic heterocycles. The Bertz CT molecular complexity index is 449. The van der Waals surface area contributed by atoms with Crippen LogP contribution in [0, 0.1) is 26.2 Å². The van der Waals surface area contributed by atoms with E-state index in [0.717, 1.165) is 22.3 Å². The minimum atomic E-state index is -0.940. The number of hydrogen-bond donors (Lipinski definition) is 2. The molecule has 2 N–H and O–H groups in total. The van der Waals surface area contributed by atoms with Crippen molar-refractivity contribution in [3.63, 3.8) is 0 Å². The van der Waals surface area contributed by atoms with Crippen LogP contribution in [0.25, 0.3) is 0 Å². The first kappa shape index (κ1) is 12.1. The third-order valence-corrected chi connectivity index (χ3v) is 3.75. The Hall–Kier alpha value is -1.35. The summed E-state index contributed by atoms with van der Waals surface area (Å²) in [4.78, 5) is 11.2. The number of hydrogen-bond acceptors (Lipinski definition) is 2. The molecule has 0 saturated heterocycles. The molecule has 1 atom stereocenters. The molecule has 3 nitrogen and oxygen atoms in total. The lowest BCUT2D eigenvalue weighted by atomic mass is 9.86. The van der Waals surface area contributed by atoms with Gasteiger partial charge in [0.05, 0.1) is 11.5 Å². The van der Waals surface area contributed by atoms with Crippen LogP contribution < -0.4 is 0 Å². The molecule has 1 aromatic carbocycles. The van der Waals surface area contributed by atoms with E-state index < -0.39 is 17.5 Å². The topological polar surface area (TPSA) is 57.5 Å². The summed E-state index contributed by atoms with van der Waals surface area (Å²) in [6.45, 7) is 5.85. The summed E-state index contributed by atoms with van der Waals surface area (Å²) in [6.07, 6.45) is 0.243. The zero-order valence-corrected chi connectivity index (χ0v) is 10.4. The smallest absolute Gasteiger partial charge is 0.312 e. The van der Waals surface area contributed by atoms with E-state index in [2.05, 4.69) is 0 Å². The molecule has 0 radical (unpaired) electrons. The molecular formula is C14H18O3. The number of benzene rings is 1. The van der Waals surface area contributed by atoms with Gasteiger partial charge >= 0.3 is 5.97 Å². The summed E-state index contributed by atoms with van der Waals surface area (Å²) in [5, 5.41) is 19.6. The Kier molecular flexibility index (Phi) is 2.74. The monoisotopic (exact) mass is 234 g/mol. The van der Waals surface area contributed by atoms with Crippen molar-refractivity contribution in [1.29, 1.82) is 0 Å². The van der Waals surface area contributed by atoms with Crippen LogP contribution in [-0.2, 0) is 4.79 Å². The molecule has 1 aliphatic carbocycles. The van der Waals surface area contributed by atoms with Crippen molar-refractivity contribution in [3.8, 4) is 0 Å². The van der Waals surface area contributed by atoms with E-state index in [1.54, 1.807) is 0 Å². The van der Waals surface area contributed by atoms with Crippen molar-refractivity contribution in [2.24, 2.45) is 5.41 Å². The number of aryl methyl sites for hydroxylation is 3. The lowest BCUT2D eigenvalue weighted by Gasteiger charge is -2.22. The largest absolute Gasteiger partial charge is 0.481 e. The lowest BCUT2D eigenvalue weighted by molar-refractivity contribution is -0.148. The fourth-order valence-electron chi connectivity index (χ4n) is 2.64. The van der Waals surface area contributed by atoms with Gasteiger partial charge in [-0.1, -0.05) is 17.7 Å². The number of carboxylic acids is 1. The third kappa shape index (κ3) is 1.84. The van der Waals surface area contributed by atoms with E-state index in [9.17, 15) is 15.0 Å². The zero-order chi connectivity index (χ0) is 12.8. The van der Waals surface area contributed by atoms with Gasteiger partial charge in [-0.05, 0) is 50.3 Å². The maximum Gasteiger partial charge on any atom is 0.312 e. The zero-order valence-electron chi connectivity index (χ0n) is 10.4. The second-order valence-electron chi connectivity index (χ2n) is 5.18. The average Bonchev–Trinajstić information content (AvgIpc) is 2.95. The van der Waals surface area contributed by atoms with Gasteiger partial charge in [-0.25, -0.2) is 0 Å². The number of rotatable bonds is 3. The van der Waals surface area contributed by atoms with Gasteiger partial charge in [-0.2, -0.15) is 0 Å². The summed E-state index contributed by atoms with van der Waals surface area (Å²) in [5.41, 5.74) is 2.93. The highest BCUT2D eigenvalue weighted by Crippen LogP contribution is 2.56. The van der Waals surface area contributed by atoms with E-state index >= 15 is 0 Å². The second kappa shape index (κ2) is 3.84. The van der Waals surface area contributed by atoms with Crippen molar-refractivity contribution in [2.45, 2.75) is 39.7 Å². The van der Waals surface area contributed by atoms with Crippen molar-refractivity contribution in [1.82, 2.24) is 0 Å². The number of aliphatic hydroxyl groups excluding tert-OH is 1. The maximum atomic E-state index is 11.2. The van der Waals surface area contributed by atoms with E-state index in [1.165, 1.54) is 0 Å². The van der Waals surface area contributed by atoms with E-state index in [-0.39, 0.29) is 0 Å². The first-order chi connectivity index (χ1) is 7.88. The van der Waals surface area contributed by atoms with E-state index in [4.69, 9.17) is 0 Å². The molecule has 1 unspecified atom stereocenters. The second-order valence-corrected chi connectivity index (χ2v) is 5.18. The third-order valence-electron chi connectivity index (χ3n) is 3.75. The SMILES string of the molecule is Cc1cc(C)c(C(O)C2(C(=O)O)CC2)c(C)c1. The van der Waals surface area contributed by atoms with Crippen LogP contribution in [0.3, 0.4) is 0 Å². The minimum absolute atomic E-state index is 0.566. The molecule has 1 saturated carbocycles. The van der Waals surface area contributed by atoms with Gasteiger partial charge in [0.25, 0.3) is 0 Å². The van der Waals surface area contributed by atoms with Gasteiger partial charge in [0.2, 0.25) is 0 Å². The molecule has 92 valence electrons. The van der Waals surface area contributed by atoms with Crippen LogP contribution in [0.4, 0.5) is 0 Å². The number of carbonyl (C=O) groups is 1. The highest BCUT2D eigenvalue weighted by molar-refractivity contribution is 5.79. The Balaban J connectivity index is 2.45. The molecule has 2 rings (SSSR count). The van der Waals surface area contributed by atoms with Crippen molar-refractivity contribution in [2.75, 3.05) is 0 Å². The normalized spacial score (nSPS) is 18.8. The average molecular weight is 234 g/mol. The molecule has 0 amide bonds. The summed E-state index contributed by atoms with van der Waals surface area (Å²) >= 11 is 0. The molecule has 1 aromatic rings. The standard InChI is InChI=1S/C14H18O3/c1-8-6-9(2)11(10(3)7-8)12(15)14(4-5-14)13(16)17/h6-7,12,15H,4-5H2,1-3H3,(H,16,17).